The molecule has 5 heteroatoms. The molecule has 0 N–H and O–H groups in total. The smallest absolute Gasteiger partial charge is 0.161 e. The number of rotatable bonds is 4. The van der Waals surface area contributed by atoms with Crippen molar-refractivity contribution in [2.45, 2.75) is 26.4 Å². The normalized spacial score (nSPS) is 17.1. The Balaban J connectivity index is 1.65. The Hall–Kier alpha value is -2.79. The van der Waals surface area contributed by atoms with Crippen molar-refractivity contribution in [3.8, 4) is 11.4 Å². The molecule has 0 saturated carbocycles. The van der Waals surface area contributed by atoms with Gasteiger partial charge >= 0.3 is 0 Å². The van der Waals surface area contributed by atoms with Crippen LogP contribution in [0.2, 0.25) is 0 Å². The van der Waals surface area contributed by atoms with Crippen LogP contribution in [0.15, 0.2) is 54.9 Å². The summed E-state index contributed by atoms with van der Waals surface area (Å²) in [6, 6.07) is 14.4. The third-order valence-electron chi connectivity index (χ3n) is 4.99. The molecule has 1 fully saturated rings. The fourth-order valence-corrected chi connectivity index (χ4v) is 3.45. The van der Waals surface area contributed by atoms with Crippen LogP contribution in [0.5, 0.6) is 0 Å². The van der Waals surface area contributed by atoms with E-state index in [0.717, 1.165) is 42.4 Å². The van der Waals surface area contributed by atoms with E-state index < -0.39 is 0 Å². The SMILES string of the molecule is CCc1cc(N2CCOC(c3ccccc3C)C2)nc(-c2ccncc2)n1. The van der Waals surface area contributed by atoms with Crippen molar-refractivity contribution in [3.63, 3.8) is 0 Å². The first-order chi connectivity index (χ1) is 13.2. The molecule has 3 heterocycles. The first-order valence-corrected chi connectivity index (χ1v) is 9.45. The van der Waals surface area contributed by atoms with Crippen LogP contribution in [0.25, 0.3) is 11.4 Å². The van der Waals surface area contributed by atoms with Crippen molar-refractivity contribution >= 4 is 5.82 Å². The van der Waals surface area contributed by atoms with Crippen molar-refractivity contribution in [1.29, 1.82) is 0 Å². The Morgan fingerprint density at radius 2 is 1.93 bits per heavy atom. The second-order valence-electron chi connectivity index (χ2n) is 6.79. The van der Waals surface area contributed by atoms with E-state index in [1.54, 1.807) is 12.4 Å². The fraction of sp³-hybridized carbons (Fsp3) is 0.318. The maximum atomic E-state index is 6.07. The predicted octanol–water partition coefficient (Wildman–Crippen LogP) is 3.99. The highest BCUT2D eigenvalue weighted by Crippen LogP contribution is 2.28. The Bertz CT molecular complexity index is 913. The van der Waals surface area contributed by atoms with E-state index in [0.29, 0.717) is 6.61 Å². The van der Waals surface area contributed by atoms with Gasteiger partial charge in [-0.3, -0.25) is 4.98 Å². The molecule has 1 saturated heterocycles. The van der Waals surface area contributed by atoms with Crippen molar-refractivity contribution < 1.29 is 4.74 Å². The zero-order valence-electron chi connectivity index (χ0n) is 15.8. The highest BCUT2D eigenvalue weighted by Gasteiger charge is 2.24. The summed E-state index contributed by atoms with van der Waals surface area (Å²) in [4.78, 5) is 16.0. The van der Waals surface area contributed by atoms with Gasteiger partial charge in [0.1, 0.15) is 11.9 Å². The lowest BCUT2D eigenvalue weighted by Gasteiger charge is -2.34. The summed E-state index contributed by atoms with van der Waals surface area (Å²) in [6.45, 7) is 6.57. The quantitative estimate of drug-likeness (QED) is 0.704. The van der Waals surface area contributed by atoms with Gasteiger partial charge in [-0.25, -0.2) is 9.97 Å². The minimum atomic E-state index is 0.0596. The number of hydrogen-bond donors (Lipinski definition) is 0. The fourth-order valence-electron chi connectivity index (χ4n) is 3.45. The molecule has 1 aliphatic rings. The van der Waals surface area contributed by atoms with Crippen molar-refractivity contribution in [2.75, 3.05) is 24.6 Å². The van der Waals surface area contributed by atoms with Gasteiger partial charge in [-0.15, -0.1) is 0 Å². The summed E-state index contributed by atoms with van der Waals surface area (Å²) in [5, 5.41) is 0. The summed E-state index contributed by atoms with van der Waals surface area (Å²) in [5.74, 6) is 1.72. The lowest BCUT2D eigenvalue weighted by atomic mass is 10.0. The average molecular weight is 360 g/mol. The predicted molar refractivity (Wildman–Crippen MR) is 107 cm³/mol. The molecule has 1 unspecified atom stereocenters. The number of aryl methyl sites for hydroxylation is 2. The van der Waals surface area contributed by atoms with Crippen LogP contribution in [0.4, 0.5) is 5.82 Å². The van der Waals surface area contributed by atoms with Crippen LogP contribution >= 0.6 is 0 Å². The minimum absolute atomic E-state index is 0.0596. The first kappa shape index (κ1) is 17.6. The number of anilines is 1. The van der Waals surface area contributed by atoms with Crippen molar-refractivity contribution in [2.24, 2.45) is 0 Å². The van der Waals surface area contributed by atoms with E-state index in [2.05, 4.69) is 54.1 Å². The largest absolute Gasteiger partial charge is 0.370 e. The van der Waals surface area contributed by atoms with Gasteiger partial charge in [0.25, 0.3) is 0 Å². The van der Waals surface area contributed by atoms with Crippen LogP contribution in [-0.2, 0) is 11.2 Å². The molecule has 0 amide bonds. The van der Waals surface area contributed by atoms with Crippen LogP contribution in [-0.4, -0.2) is 34.6 Å². The number of nitrogens with zero attached hydrogens (tertiary/aromatic N) is 4. The molecule has 0 radical (unpaired) electrons. The highest BCUT2D eigenvalue weighted by molar-refractivity contribution is 5.57. The summed E-state index contributed by atoms with van der Waals surface area (Å²) < 4.78 is 6.07. The molecular weight excluding hydrogens is 336 g/mol. The van der Waals surface area contributed by atoms with E-state index in [9.17, 15) is 0 Å². The number of morpholine rings is 1. The number of hydrogen-bond acceptors (Lipinski definition) is 5. The Morgan fingerprint density at radius 3 is 2.70 bits per heavy atom. The second-order valence-corrected chi connectivity index (χ2v) is 6.79. The van der Waals surface area contributed by atoms with Crippen LogP contribution in [0.3, 0.4) is 0 Å². The van der Waals surface area contributed by atoms with Gasteiger partial charge in [0, 0.05) is 42.8 Å². The molecule has 3 aromatic rings. The van der Waals surface area contributed by atoms with Crippen LogP contribution in [0.1, 0.15) is 29.8 Å². The van der Waals surface area contributed by atoms with Crippen molar-refractivity contribution in [1.82, 2.24) is 15.0 Å². The topological polar surface area (TPSA) is 51.1 Å². The average Bonchev–Trinajstić information content (AvgIpc) is 2.74. The monoisotopic (exact) mass is 360 g/mol. The molecule has 0 aliphatic carbocycles. The summed E-state index contributed by atoms with van der Waals surface area (Å²) in [6.07, 6.45) is 4.49. The number of ether oxygens (including phenoxy) is 1. The van der Waals surface area contributed by atoms with E-state index in [1.165, 1.54) is 11.1 Å². The first-order valence-electron chi connectivity index (χ1n) is 9.45. The third kappa shape index (κ3) is 3.83. The standard InChI is InChI=1S/C22H24N4O/c1-3-18-14-21(25-22(24-18)17-8-10-23-11-9-17)26-12-13-27-20(15-26)19-7-5-4-6-16(19)2/h4-11,14,20H,3,12-13,15H2,1-2H3. The zero-order chi connectivity index (χ0) is 18.6. The van der Waals surface area contributed by atoms with E-state index >= 15 is 0 Å². The molecule has 1 aliphatic heterocycles. The molecule has 1 aromatic carbocycles. The molecule has 138 valence electrons. The van der Waals surface area contributed by atoms with E-state index in [-0.39, 0.29) is 6.10 Å². The van der Waals surface area contributed by atoms with Gasteiger partial charge in [-0.2, -0.15) is 0 Å². The summed E-state index contributed by atoms with van der Waals surface area (Å²) in [7, 11) is 0. The van der Waals surface area contributed by atoms with Gasteiger partial charge in [0.2, 0.25) is 0 Å². The Labute approximate surface area is 160 Å². The lowest BCUT2D eigenvalue weighted by molar-refractivity contribution is 0.0391. The number of aromatic nitrogens is 3. The number of benzene rings is 1. The number of pyridine rings is 1. The zero-order valence-corrected chi connectivity index (χ0v) is 15.8. The molecule has 1 atom stereocenters. The minimum Gasteiger partial charge on any atom is -0.370 e. The van der Waals surface area contributed by atoms with Crippen LogP contribution in [0, 0.1) is 6.92 Å². The highest BCUT2D eigenvalue weighted by atomic mass is 16.5. The van der Waals surface area contributed by atoms with E-state index in [1.807, 2.05) is 12.1 Å². The maximum Gasteiger partial charge on any atom is 0.161 e. The molecule has 0 bridgehead atoms. The third-order valence-corrected chi connectivity index (χ3v) is 4.99. The molecule has 4 rings (SSSR count). The van der Waals surface area contributed by atoms with Crippen molar-refractivity contribution in [3.05, 3.63) is 71.7 Å². The van der Waals surface area contributed by atoms with Gasteiger partial charge in [-0.1, -0.05) is 31.2 Å². The summed E-state index contributed by atoms with van der Waals surface area (Å²) in [5.41, 5.74) is 4.55. The van der Waals surface area contributed by atoms with Crippen LogP contribution < -0.4 is 4.90 Å². The van der Waals surface area contributed by atoms with Gasteiger partial charge in [-0.05, 0) is 36.6 Å². The molecule has 0 spiro atoms. The van der Waals surface area contributed by atoms with E-state index in [4.69, 9.17) is 14.7 Å². The van der Waals surface area contributed by atoms with Gasteiger partial charge in [0.15, 0.2) is 5.82 Å². The lowest BCUT2D eigenvalue weighted by Crippen LogP contribution is -2.39. The van der Waals surface area contributed by atoms with Gasteiger partial charge in [0.05, 0.1) is 6.61 Å². The molecule has 27 heavy (non-hydrogen) atoms. The van der Waals surface area contributed by atoms with Gasteiger partial charge < -0.3 is 9.64 Å². The summed E-state index contributed by atoms with van der Waals surface area (Å²) >= 11 is 0. The Kier molecular flexibility index (Phi) is 5.12. The molecule has 2 aromatic heterocycles. The molecule has 5 nitrogen and oxygen atoms in total. The maximum absolute atomic E-state index is 6.07. The second kappa shape index (κ2) is 7.84. The molecular formula is C22H24N4O. The Morgan fingerprint density at radius 1 is 1.11 bits per heavy atom.